The van der Waals surface area contributed by atoms with Gasteiger partial charge in [-0.3, -0.25) is 4.79 Å². The largest absolute Gasteiger partial charge is 0.467 e. The first-order valence-electron chi connectivity index (χ1n) is 9.80. The van der Waals surface area contributed by atoms with E-state index in [2.05, 4.69) is 5.32 Å². The molecular weight excluding hydrogens is 396 g/mol. The van der Waals surface area contributed by atoms with Gasteiger partial charge in [-0.05, 0) is 42.3 Å². The number of hydrogen-bond acceptors (Lipinski definition) is 5. The van der Waals surface area contributed by atoms with Gasteiger partial charge in [0.2, 0.25) is 0 Å². The second-order valence-corrected chi connectivity index (χ2v) is 7.00. The molecule has 7 heteroatoms. The molecule has 7 nitrogen and oxygen atoms in total. The first-order valence-corrected chi connectivity index (χ1v) is 9.80. The number of aromatic nitrogens is 1. The lowest BCUT2D eigenvalue weighted by Gasteiger charge is -2.16. The molecule has 0 saturated carbocycles. The second-order valence-electron chi connectivity index (χ2n) is 7.00. The van der Waals surface area contributed by atoms with Crippen LogP contribution in [0.25, 0.3) is 5.69 Å². The molecule has 31 heavy (non-hydrogen) atoms. The Balaban J connectivity index is 1.61. The minimum absolute atomic E-state index is 0.269. The first kappa shape index (κ1) is 21.8. The molecule has 1 unspecified atom stereocenters. The maximum absolute atomic E-state index is 12.4. The summed E-state index contributed by atoms with van der Waals surface area (Å²) in [6.07, 6.45) is 4.03. The molecule has 0 bridgehead atoms. The fourth-order valence-corrected chi connectivity index (χ4v) is 3.15. The van der Waals surface area contributed by atoms with Crippen molar-refractivity contribution in [1.82, 2.24) is 9.88 Å². The third-order valence-electron chi connectivity index (χ3n) is 4.77. The third-order valence-corrected chi connectivity index (χ3v) is 4.77. The van der Waals surface area contributed by atoms with E-state index in [1.807, 2.05) is 72.4 Å². The van der Waals surface area contributed by atoms with Crippen molar-refractivity contribution in [3.05, 3.63) is 89.7 Å². The SMILES string of the molecule is COC(=O)C(Cc1ccccc1)NC(=O)COC(=O)c1ccc(C)c(-n2cccc2)c1. The van der Waals surface area contributed by atoms with E-state index >= 15 is 0 Å². The number of aryl methyl sites for hydroxylation is 1. The van der Waals surface area contributed by atoms with Crippen LogP contribution in [0.2, 0.25) is 0 Å². The van der Waals surface area contributed by atoms with Crippen molar-refractivity contribution >= 4 is 17.8 Å². The first-order chi connectivity index (χ1) is 15.0. The van der Waals surface area contributed by atoms with Gasteiger partial charge >= 0.3 is 11.9 Å². The van der Waals surface area contributed by atoms with Crippen molar-refractivity contribution in [2.45, 2.75) is 19.4 Å². The number of nitrogens with zero attached hydrogens (tertiary/aromatic N) is 1. The number of benzene rings is 2. The second kappa shape index (κ2) is 10.2. The van der Waals surface area contributed by atoms with Gasteiger partial charge in [0.05, 0.1) is 12.7 Å². The summed E-state index contributed by atoms with van der Waals surface area (Å²) in [4.78, 5) is 36.8. The third kappa shape index (κ3) is 5.82. The molecule has 160 valence electrons. The zero-order valence-electron chi connectivity index (χ0n) is 17.4. The number of esters is 2. The average Bonchev–Trinajstić information content (AvgIpc) is 3.32. The standard InChI is InChI=1S/C24H24N2O5/c1-17-10-11-19(15-21(17)26-12-6-7-13-26)23(28)31-16-22(27)25-20(24(29)30-2)14-18-8-4-3-5-9-18/h3-13,15,20H,14,16H2,1-2H3,(H,25,27). The number of carbonyl (C=O) groups excluding carboxylic acids is 3. The van der Waals surface area contributed by atoms with E-state index in [1.165, 1.54) is 7.11 Å². The van der Waals surface area contributed by atoms with Crippen LogP contribution >= 0.6 is 0 Å². The maximum atomic E-state index is 12.4. The summed E-state index contributed by atoms with van der Waals surface area (Å²) in [6.45, 7) is 1.44. The quantitative estimate of drug-likeness (QED) is 0.567. The van der Waals surface area contributed by atoms with Crippen LogP contribution in [0.5, 0.6) is 0 Å². The Morgan fingerprint density at radius 3 is 2.39 bits per heavy atom. The number of amides is 1. The number of rotatable bonds is 8. The molecule has 0 spiro atoms. The van der Waals surface area contributed by atoms with Crippen LogP contribution in [-0.2, 0) is 25.5 Å². The maximum Gasteiger partial charge on any atom is 0.338 e. The molecule has 1 N–H and O–H groups in total. The van der Waals surface area contributed by atoms with Crippen molar-refractivity contribution in [3.8, 4) is 5.69 Å². The Hall–Kier alpha value is -3.87. The lowest BCUT2D eigenvalue weighted by atomic mass is 10.1. The number of nitrogens with one attached hydrogen (secondary N) is 1. The van der Waals surface area contributed by atoms with E-state index in [0.717, 1.165) is 16.8 Å². The van der Waals surface area contributed by atoms with Gasteiger partial charge < -0.3 is 19.4 Å². The van der Waals surface area contributed by atoms with Gasteiger partial charge in [-0.25, -0.2) is 9.59 Å². The molecule has 3 rings (SSSR count). The number of hydrogen-bond donors (Lipinski definition) is 1. The van der Waals surface area contributed by atoms with Crippen molar-refractivity contribution in [2.24, 2.45) is 0 Å². The molecule has 1 amide bonds. The van der Waals surface area contributed by atoms with Crippen LogP contribution in [0, 0.1) is 6.92 Å². The molecule has 0 aliphatic heterocycles. The van der Waals surface area contributed by atoms with Gasteiger partial charge in [-0.2, -0.15) is 0 Å². The smallest absolute Gasteiger partial charge is 0.338 e. The van der Waals surface area contributed by atoms with Crippen molar-refractivity contribution in [1.29, 1.82) is 0 Å². The van der Waals surface area contributed by atoms with E-state index in [1.54, 1.807) is 12.1 Å². The summed E-state index contributed by atoms with van der Waals surface area (Å²) in [5.74, 6) is -1.78. The molecule has 2 aromatic carbocycles. The molecule has 3 aromatic rings. The Morgan fingerprint density at radius 1 is 1.00 bits per heavy atom. The van der Waals surface area contributed by atoms with E-state index in [0.29, 0.717) is 5.56 Å². The summed E-state index contributed by atoms with van der Waals surface area (Å²) in [5, 5.41) is 2.57. The zero-order valence-corrected chi connectivity index (χ0v) is 17.4. The summed E-state index contributed by atoms with van der Waals surface area (Å²) in [6, 6.07) is 17.3. The van der Waals surface area contributed by atoms with E-state index in [-0.39, 0.29) is 6.42 Å². The van der Waals surface area contributed by atoms with E-state index < -0.39 is 30.5 Å². The van der Waals surface area contributed by atoms with Crippen LogP contribution in [-0.4, -0.2) is 42.2 Å². The fourth-order valence-electron chi connectivity index (χ4n) is 3.15. The van der Waals surface area contributed by atoms with Crippen LogP contribution in [0.15, 0.2) is 73.1 Å². The summed E-state index contributed by atoms with van der Waals surface area (Å²) in [5.41, 5.74) is 3.04. The van der Waals surface area contributed by atoms with Crippen LogP contribution in [0.1, 0.15) is 21.5 Å². The van der Waals surface area contributed by atoms with Gasteiger partial charge in [0.15, 0.2) is 6.61 Å². The number of ether oxygens (including phenoxy) is 2. The highest BCUT2D eigenvalue weighted by molar-refractivity contribution is 5.92. The summed E-state index contributed by atoms with van der Waals surface area (Å²) >= 11 is 0. The monoisotopic (exact) mass is 420 g/mol. The minimum atomic E-state index is -0.877. The lowest BCUT2D eigenvalue weighted by molar-refractivity contribution is -0.145. The number of carbonyl (C=O) groups is 3. The van der Waals surface area contributed by atoms with Gasteiger partial charge in [0.1, 0.15) is 6.04 Å². The Kier molecular flexibility index (Phi) is 7.22. The van der Waals surface area contributed by atoms with Crippen LogP contribution in [0.4, 0.5) is 0 Å². The predicted molar refractivity (Wildman–Crippen MR) is 115 cm³/mol. The highest BCUT2D eigenvalue weighted by Gasteiger charge is 2.22. The van der Waals surface area contributed by atoms with E-state index in [4.69, 9.17) is 9.47 Å². The van der Waals surface area contributed by atoms with Gasteiger partial charge in [0.25, 0.3) is 5.91 Å². The van der Waals surface area contributed by atoms with Crippen LogP contribution in [0.3, 0.4) is 0 Å². The summed E-state index contributed by atoms with van der Waals surface area (Å²) < 4.78 is 11.8. The van der Waals surface area contributed by atoms with Crippen molar-refractivity contribution < 1.29 is 23.9 Å². The topological polar surface area (TPSA) is 86.6 Å². The Labute approximate surface area is 180 Å². The Bertz CT molecular complexity index is 1050. The molecule has 0 saturated heterocycles. The lowest BCUT2D eigenvalue weighted by Crippen LogP contribution is -2.44. The highest BCUT2D eigenvalue weighted by Crippen LogP contribution is 2.17. The molecule has 0 aliphatic carbocycles. The van der Waals surface area contributed by atoms with Crippen LogP contribution < -0.4 is 5.32 Å². The zero-order chi connectivity index (χ0) is 22.2. The molecule has 0 fully saturated rings. The fraction of sp³-hybridized carbons (Fsp3) is 0.208. The normalized spacial score (nSPS) is 11.4. The molecule has 1 heterocycles. The molecule has 1 atom stereocenters. The molecular formula is C24H24N2O5. The average molecular weight is 420 g/mol. The molecule has 1 aromatic heterocycles. The van der Waals surface area contributed by atoms with Crippen molar-refractivity contribution in [3.63, 3.8) is 0 Å². The summed E-state index contributed by atoms with van der Waals surface area (Å²) in [7, 11) is 1.26. The van der Waals surface area contributed by atoms with E-state index in [9.17, 15) is 14.4 Å². The number of methoxy groups -OCH3 is 1. The minimum Gasteiger partial charge on any atom is -0.467 e. The predicted octanol–water partition coefficient (Wildman–Crippen LogP) is 2.84. The molecule has 0 aliphatic rings. The van der Waals surface area contributed by atoms with Crippen molar-refractivity contribution in [2.75, 3.05) is 13.7 Å². The Morgan fingerprint density at radius 2 is 1.71 bits per heavy atom. The van der Waals surface area contributed by atoms with Gasteiger partial charge in [-0.1, -0.05) is 36.4 Å². The highest BCUT2D eigenvalue weighted by atomic mass is 16.5. The van der Waals surface area contributed by atoms with Gasteiger partial charge in [-0.15, -0.1) is 0 Å². The molecule has 0 radical (unpaired) electrons. The van der Waals surface area contributed by atoms with Gasteiger partial charge in [0, 0.05) is 24.5 Å².